The van der Waals surface area contributed by atoms with Crippen LogP contribution in [0.4, 0.5) is 5.69 Å². The van der Waals surface area contributed by atoms with Crippen LogP contribution in [0.15, 0.2) is 28.7 Å². The SMILES string of the molecule is CC(C)NCC(O)c1cc2cc(NC(=O)C3CC3)ccc2o1. The van der Waals surface area contributed by atoms with Gasteiger partial charge in [0.05, 0.1) is 0 Å². The molecule has 1 aromatic heterocycles. The van der Waals surface area contributed by atoms with Crippen molar-refractivity contribution >= 4 is 22.6 Å². The predicted molar refractivity (Wildman–Crippen MR) is 85.7 cm³/mol. The van der Waals surface area contributed by atoms with Crippen LogP contribution in [0.3, 0.4) is 0 Å². The quantitative estimate of drug-likeness (QED) is 0.767. The number of amides is 1. The van der Waals surface area contributed by atoms with Gasteiger partial charge >= 0.3 is 0 Å². The van der Waals surface area contributed by atoms with E-state index in [4.69, 9.17) is 4.42 Å². The smallest absolute Gasteiger partial charge is 0.227 e. The Morgan fingerprint density at radius 1 is 1.36 bits per heavy atom. The lowest BCUT2D eigenvalue weighted by Crippen LogP contribution is -2.27. The fraction of sp³-hybridized carbons (Fsp3) is 0.471. The van der Waals surface area contributed by atoms with Gasteiger partial charge in [-0.25, -0.2) is 0 Å². The normalized spacial score (nSPS) is 16.2. The zero-order valence-electron chi connectivity index (χ0n) is 12.9. The fourth-order valence-electron chi connectivity index (χ4n) is 2.34. The highest BCUT2D eigenvalue weighted by Gasteiger charge is 2.29. The van der Waals surface area contributed by atoms with Gasteiger partial charge in [-0.05, 0) is 37.1 Å². The number of aliphatic hydroxyl groups is 1. The number of carbonyl (C=O) groups excluding carboxylic acids is 1. The Labute approximate surface area is 129 Å². The monoisotopic (exact) mass is 302 g/mol. The maximum absolute atomic E-state index is 11.8. The summed E-state index contributed by atoms with van der Waals surface area (Å²) in [5.74, 6) is 0.803. The van der Waals surface area contributed by atoms with Crippen LogP contribution >= 0.6 is 0 Å². The Morgan fingerprint density at radius 2 is 2.14 bits per heavy atom. The highest BCUT2D eigenvalue weighted by molar-refractivity contribution is 5.96. The average Bonchev–Trinajstić information content (AvgIpc) is 3.24. The fourth-order valence-corrected chi connectivity index (χ4v) is 2.34. The summed E-state index contributed by atoms with van der Waals surface area (Å²) in [6.07, 6.45) is 1.29. The van der Waals surface area contributed by atoms with Crippen molar-refractivity contribution < 1.29 is 14.3 Å². The third kappa shape index (κ3) is 3.48. The van der Waals surface area contributed by atoms with Crippen LogP contribution in [0, 0.1) is 5.92 Å². The van der Waals surface area contributed by atoms with Crippen LogP contribution in [0.25, 0.3) is 11.0 Å². The lowest BCUT2D eigenvalue weighted by atomic mass is 10.2. The molecule has 1 amide bonds. The molecule has 0 radical (unpaired) electrons. The topological polar surface area (TPSA) is 74.5 Å². The van der Waals surface area contributed by atoms with Crippen molar-refractivity contribution in [3.05, 3.63) is 30.0 Å². The number of hydrogen-bond acceptors (Lipinski definition) is 4. The van der Waals surface area contributed by atoms with Crippen LogP contribution < -0.4 is 10.6 Å². The van der Waals surface area contributed by atoms with Crippen molar-refractivity contribution in [1.82, 2.24) is 5.32 Å². The number of hydrogen-bond donors (Lipinski definition) is 3. The Morgan fingerprint density at radius 3 is 2.82 bits per heavy atom. The third-order valence-electron chi connectivity index (χ3n) is 3.80. The first-order chi connectivity index (χ1) is 10.5. The average molecular weight is 302 g/mol. The van der Waals surface area contributed by atoms with Gasteiger partial charge in [-0.1, -0.05) is 13.8 Å². The number of nitrogens with one attached hydrogen (secondary N) is 2. The third-order valence-corrected chi connectivity index (χ3v) is 3.80. The van der Waals surface area contributed by atoms with E-state index in [9.17, 15) is 9.90 Å². The van der Waals surface area contributed by atoms with Crippen LogP contribution in [0.5, 0.6) is 0 Å². The summed E-state index contributed by atoms with van der Waals surface area (Å²) in [4.78, 5) is 11.8. The van der Waals surface area contributed by atoms with Gasteiger partial charge in [-0.15, -0.1) is 0 Å². The maximum atomic E-state index is 11.8. The van der Waals surface area contributed by atoms with Gasteiger partial charge in [0.2, 0.25) is 5.91 Å². The second-order valence-corrected chi connectivity index (χ2v) is 6.24. The van der Waals surface area contributed by atoms with Crippen LogP contribution in [0.1, 0.15) is 38.6 Å². The molecule has 1 aromatic carbocycles. The standard InChI is InChI=1S/C17H22N2O3/c1-10(2)18-9-14(20)16-8-12-7-13(5-6-15(12)22-16)19-17(21)11-3-4-11/h5-8,10-11,14,18,20H,3-4,9H2,1-2H3,(H,19,21). The molecular weight excluding hydrogens is 280 g/mol. The van der Waals surface area contributed by atoms with Gasteiger partial charge < -0.3 is 20.2 Å². The highest BCUT2D eigenvalue weighted by Crippen LogP contribution is 2.31. The van der Waals surface area contributed by atoms with E-state index in [-0.39, 0.29) is 11.8 Å². The number of rotatable bonds is 6. The number of benzene rings is 1. The first-order valence-corrected chi connectivity index (χ1v) is 7.78. The van der Waals surface area contributed by atoms with Gasteiger partial charge in [-0.2, -0.15) is 0 Å². The largest absolute Gasteiger partial charge is 0.458 e. The summed E-state index contributed by atoms with van der Waals surface area (Å²) in [5.41, 5.74) is 1.48. The van der Waals surface area contributed by atoms with Gasteiger partial charge in [0.25, 0.3) is 0 Å². The molecule has 1 unspecified atom stereocenters. The molecule has 1 aliphatic carbocycles. The van der Waals surface area contributed by atoms with Crippen LogP contribution in [-0.4, -0.2) is 23.6 Å². The Hall–Kier alpha value is -1.85. The van der Waals surface area contributed by atoms with E-state index in [0.717, 1.165) is 23.9 Å². The van der Waals surface area contributed by atoms with E-state index in [2.05, 4.69) is 10.6 Å². The molecule has 5 nitrogen and oxygen atoms in total. The predicted octanol–water partition coefficient (Wildman–Crippen LogP) is 2.81. The summed E-state index contributed by atoms with van der Waals surface area (Å²) in [6.45, 7) is 4.50. The molecule has 0 saturated heterocycles. The summed E-state index contributed by atoms with van der Waals surface area (Å²) in [6, 6.07) is 7.67. The van der Waals surface area contributed by atoms with Crippen molar-refractivity contribution in [2.24, 2.45) is 5.92 Å². The Kier molecular flexibility index (Phi) is 4.18. The van der Waals surface area contributed by atoms with E-state index in [1.165, 1.54) is 0 Å². The number of furan rings is 1. The minimum atomic E-state index is -0.681. The number of anilines is 1. The lowest BCUT2D eigenvalue weighted by molar-refractivity contribution is -0.117. The molecule has 1 fully saturated rings. The van der Waals surface area contributed by atoms with E-state index in [0.29, 0.717) is 23.9 Å². The van der Waals surface area contributed by atoms with Crippen molar-refractivity contribution in [2.45, 2.75) is 38.8 Å². The molecule has 3 rings (SSSR count). The van der Waals surface area contributed by atoms with Crippen molar-refractivity contribution in [3.63, 3.8) is 0 Å². The minimum Gasteiger partial charge on any atom is -0.458 e. The van der Waals surface area contributed by atoms with Gasteiger partial charge in [0, 0.05) is 29.6 Å². The first kappa shape index (κ1) is 15.1. The number of carbonyl (C=O) groups is 1. The lowest BCUT2D eigenvalue weighted by Gasteiger charge is -2.11. The molecule has 118 valence electrons. The molecule has 0 spiro atoms. The number of aliphatic hydroxyl groups excluding tert-OH is 1. The summed E-state index contributed by atoms with van der Waals surface area (Å²) < 4.78 is 5.68. The summed E-state index contributed by atoms with van der Waals surface area (Å²) in [7, 11) is 0. The van der Waals surface area contributed by atoms with E-state index >= 15 is 0 Å². The minimum absolute atomic E-state index is 0.0873. The second kappa shape index (κ2) is 6.10. The van der Waals surface area contributed by atoms with Crippen molar-refractivity contribution in [1.29, 1.82) is 0 Å². The van der Waals surface area contributed by atoms with Gasteiger partial charge in [-0.3, -0.25) is 4.79 Å². The number of fused-ring (bicyclic) bond motifs is 1. The Balaban J connectivity index is 1.73. The van der Waals surface area contributed by atoms with Gasteiger partial charge in [0.1, 0.15) is 17.4 Å². The second-order valence-electron chi connectivity index (χ2n) is 6.24. The Bertz CT molecular complexity index is 674. The zero-order valence-corrected chi connectivity index (χ0v) is 12.9. The van der Waals surface area contributed by atoms with Gasteiger partial charge in [0.15, 0.2) is 0 Å². The molecule has 0 bridgehead atoms. The maximum Gasteiger partial charge on any atom is 0.227 e. The molecule has 3 N–H and O–H groups in total. The molecule has 1 atom stereocenters. The van der Waals surface area contributed by atoms with E-state index in [1.807, 2.05) is 38.1 Å². The van der Waals surface area contributed by atoms with Crippen LogP contribution in [-0.2, 0) is 4.79 Å². The van der Waals surface area contributed by atoms with Crippen molar-refractivity contribution in [2.75, 3.05) is 11.9 Å². The molecule has 5 heteroatoms. The molecule has 22 heavy (non-hydrogen) atoms. The molecule has 1 heterocycles. The molecule has 1 aliphatic rings. The highest BCUT2D eigenvalue weighted by atomic mass is 16.4. The molecule has 1 saturated carbocycles. The zero-order chi connectivity index (χ0) is 15.7. The summed E-state index contributed by atoms with van der Waals surface area (Å²) in [5, 5.41) is 17.1. The van der Waals surface area contributed by atoms with Crippen LogP contribution in [0.2, 0.25) is 0 Å². The molecule has 2 aromatic rings. The van der Waals surface area contributed by atoms with E-state index < -0.39 is 6.10 Å². The van der Waals surface area contributed by atoms with Crippen molar-refractivity contribution in [3.8, 4) is 0 Å². The first-order valence-electron chi connectivity index (χ1n) is 7.78. The molecule has 0 aliphatic heterocycles. The molecular formula is C17H22N2O3. The summed E-state index contributed by atoms with van der Waals surface area (Å²) >= 11 is 0. The van der Waals surface area contributed by atoms with E-state index in [1.54, 1.807) is 0 Å².